The fraction of sp³-hybridized carbons (Fsp3) is 0.500. The van der Waals surface area contributed by atoms with E-state index in [-0.39, 0.29) is 16.5 Å². The summed E-state index contributed by atoms with van der Waals surface area (Å²) in [4.78, 5) is 4.01. The average molecular weight is 375 g/mol. The van der Waals surface area contributed by atoms with Gasteiger partial charge in [-0.3, -0.25) is 4.98 Å². The molecule has 0 radical (unpaired) electrons. The Labute approximate surface area is 144 Å². The molecule has 1 aliphatic rings. The van der Waals surface area contributed by atoms with Crippen LogP contribution in [0.5, 0.6) is 0 Å². The number of sulfone groups is 1. The molecule has 0 amide bonds. The van der Waals surface area contributed by atoms with Crippen LogP contribution in [0.2, 0.25) is 10.0 Å². The van der Waals surface area contributed by atoms with Crippen LogP contribution in [0, 0.1) is 0 Å². The van der Waals surface area contributed by atoms with Gasteiger partial charge < -0.3 is 4.57 Å². The van der Waals surface area contributed by atoms with Crippen molar-refractivity contribution >= 4 is 33.0 Å². The summed E-state index contributed by atoms with van der Waals surface area (Å²) in [6.07, 6.45) is 5.44. The molecule has 0 N–H and O–H groups in total. The van der Waals surface area contributed by atoms with Crippen LogP contribution >= 0.6 is 23.2 Å². The molecule has 9 heteroatoms. The molecule has 0 unspecified atom stereocenters. The first kappa shape index (κ1) is 16.7. The van der Waals surface area contributed by atoms with Crippen molar-refractivity contribution in [1.82, 2.24) is 19.7 Å². The van der Waals surface area contributed by atoms with Crippen molar-refractivity contribution in [2.24, 2.45) is 0 Å². The molecular formula is C14H16Cl2N4O2S. The second-order valence-corrected chi connectivity index (χ2v) is 8.52. The lowest BCUT2D eigenvalue weighted by molar-refractivity contribution is 0.582. The number of rotatable bonds is 4. The van der Waals surface area contributed by atoms with Gasteiger partial charge in [0.2, 0.25) is 0 Å². The number of nitrogens with zero attached hydrogens (tertiary/aromatic N) is 4. The van der Waals surface area contributed by atoms with Gasteiger partial charge in [0.25, 0.3) is 0 Å². The summed E-state index contributed by atoms with van der Waals surface area (Å²) in [5.41, 5.74) is 0.298. The molecule has 0 saturated heterocycles. The van der Waals surface area contributed by atoms with Gasteiger partial charge >= 0.3 is 0 Å². The van der Waals surface area contributed by atoms with Crippen LogP contribution in [0.3, 0.4) is 0 Å². The fourth-order valence-electron chi connectivity index (χ4n) is 2.66. The number of hydrogen-bond donors (Lipinski definition) is 0. The Kier molecular flexibility index (Phi) is 4.89. The van der Waals surface area contributed by atoms with Gasteiger partial charge in [-0.05, 0) is 18.9 Å². The van der Waals surface area contributed by atoms with Gasteiger partial charge in [-0.2, -0.15) is 0 Å². The maximum absolute atomic E-state index is 12.5. The molecule has 0 atom stereocenters. The molecule has 0 aromatic carbocycles. The van der Waals surface area contributed by atoms with E-state index in [9.17, 15) is 8.42 Å². The highest BCUT2D eigenvalue weighted by Gasteiger charge is 2.22. The van der Waals surface area contributed by atoms with Crippen LogP contribution in [0.4, 0.5) is 0 Å². The van der Waals surface area contributed by atoms with E-state index in [0.717, 1.165) is 38.1 Å². The summed E-state index contributed by atoms with van der Waals surface area (Å²) >= 11 is 11.8. The van der Waals surface area contributed by atoms with E-state index in [4.69, 9.17) is 23.2 Å². The number of aromatic nitrogens is 4. The molecule has 0 fully saturated rings. The van der Waals surface area contributed by atoms with E-state index in [1.807, 2.05) is 4.57 Å². The second kappa shape index (κ2) is 6.75. The summed E-state index contributed by atoms with van der Waals surface area (Å²) in [7, 11) is -3.45. The lowest BCUT2D eigenvalue weighted by Crippen LogP contribution is -2.14. The van der Waals surface area contributed by atoms with Crippen molar-refractivity contribution in [2.75, 3.05) is 0 Å². The topological polar surface area (TPSA) is 77.7 Å². The number of hydrogen-bond acceptors (Lipinski definition) is 5. The minimum absolute atomic E-state index is 0.166. The summed E-state index contributed by atoms with van der Waals surface area (Å²) in [6.45, 7) is 0.771. The smallest absolute Gasteiger partial charge is 0.163 e. The van der Waals surface area contributed by atoms with Crippen LogP contribution < -0.4 is 0 Å². The third-order valence-electron chi connectivity index (χ3n) is 3.78. The minimum atomic E-state index is -3.45. The van der Waals surface area contributed by atoms with Gasteiger partial charge in [-0.15, -0.1) is 10.2 Å². The maximum atomic E-state index is 12.5. The standard InChI is InChI=1S/C14H16Cl2N4O2S/c15-10-6-11(16)12(17-7-10)8-23(21,22)9-14-19-18-13-4-2-1-3-5-20(13)14/h6-7H,1-5,8-9H2. The van der Waals surface area contributed by atoms with Crippen molar-refractivity contribution in [1.29, 1.82) is 0 Å². The summed E-state index contributed by atoms with van der Waals surface area (Å²) < 4.78 is 26.9. The lowest BCUT2D eigenvalue weighted by Gasteiger charge is -2.08. The molecule has 3 rings (SSSR count). The Morgan fingerprint density at radius 3 is 2.74 bits per heavy atom. The molecule has 0 saturated carbocycles. The Morgan fingerprint density at radius 1 is 1.13 bits per heavy atom. The molecule has 0 aliphatic carbocycles. The highest BCUT2D eigenvalue weighted by atomic mass is 35.5. The van der Waals surface area contributed by atoms with Crippen molar-refractivity contribution in [3.05, 3.63) is 39.7 Å². The Bertz CT molecular complexity index is 820. The SMILES string of the molecule is O=S(=O)(Cc1ncc(Cl)cc1Cl)Cc1nnc2n1CCCCC2. The molecule has 0 bridgehead atoms. The number of fused-ring (bicyclic) bond motifs is 1. The third kappa shape index (κ3) is 4.02. The molecule has 1 aliphatic heterocycles. The average Bonchev–Trinajstić information content (AvgIpc) is 2.71. The van der Waals surface area contributed by atoms with Crippen LogP contribution in [0.25, 0.3) is 0 Å². The van der Waals surface area contributed by atoms with Crippen molar-refractivity contribution in [3.8, 4) is 0 Å². The van der Waals surface area contributed by atoms with Gasteiger partial charge in [-0.1, -0.05) is 29.6 Å². The largest absolute Gasteiger partial charge is 0.314 e. The van der Waals surface area contributed by atoms with E-state index in [2.05, 4.69) is 15.2 Å². The van der Waals surface area contributed by atoms with E-state index in [1.54, 1.807) is 0 Å². The predicted molar refractivity (Wildman–Crippen MR) is 88.2 cm³/mol. The van der Waals surface area contributed by atoms with Crippen molar-refractivity contribution in [3.63, 3.8) is 0 Å². The quantitative estimate of drug-likeness (QED) is 0.821. The van der Waals surface area contributed by atoms with Gasteiger partial charge in [-0.25, -0.2) is 8.42 Å². The fourth-order valence-corrected chi connectivity index (χ4v) is 4.54. The van der Waals surface area contributed by atoms with Crippen LogP contribution in [0.1, 0.15) is 36.6 Å². The Hall–Kier alpha value is -1.18. The normalized spacial score (nSPS) is 15.2. The molecule has 2 aromatic heterocycles. The monoisotopic (exact) mass is 374 g/mol. The zero-order valence-electron chi connectivity index (χ0n) is 12.4. The van der Waals surface area contributed by atoms with Crippen LogP contribution in [0.15, 0.2) is 12.3 Å². The first-order valence-corrected chi connectivity index (χ1v) is 9.94. The zero-order chi connectivity index (χ0) is 16.4. The van der Waals surface area contributed by atoms with E-state index in [0.29, 0.717) is 16.5 Å². The first-order chi connectivity index (χ1) is 10.9. The molecule has 2 aromatic rings. The van der Waals surface area contributed by atoms with Crippen LogP contribution in [-0.2, 0) is 34.3 Å². The summed E-state index contributed by atoms with van der Waals surface area (Å²) in [6, 6.07) is 1.49. The Balaban J connectivity index is 1.80. The molecule has 3 heterocycles. The van der Waals surface area contributed by atoms with Gasteiger partial charge in [0.1, 0.15) is 17.4 Å². The molecular weight excluding hydrogens is 359 g/mol. The summed E-state index contributed by atoms with van der Waals surface area (Å²) in [5, 5.41) is 8.81. The molecule has 6 nitrogen and oxygen atoms in total. The first-order valence-electron chi connectivity index (χ1n) is 7.36. The third-order valence-corrected chi connectivity index (χ3v) is 5.72. The number of pyridine rings is 1. The van der Waals surface area contributed by atoms with Gasteiger partial charge in [0.05, 0.1) is 21.5 Å². The van der Waals surface area contributed by atoms with E-state index < -0.39 is 9.84 Å². The van der Waals surface area contributed by atoms with Gasteiger partial charge in [0.15, 0.2) is 9.84 Å². The predicted octanol–water partition coefficient (Wildman–Crippen LogP) is 2.82. The minimum Gasteiger partial charge on any atom is -0.314 e. The Morgan fingerprint density at radius 2 is 1.96 bits per heavy atom. The highest BCUT2D eigenvalue weighted by Crippen LogP contribution is 2.22. The number of aryl methyl sites for hydroxylation is 1. The zero-order valence-corrected chi connectivity index (χ0v) is 14.7. The van der Waals surface area contributed by atoms with Gasteiger partial charge in [0, 0.05) is 19.2 Å². The lowest BCUT2D eigenvalue weighted by atomic mass is 10.2. The molecule has 0 spiro atoms. The molecule has 124 valence electrons. The van der Waals surface area contributed by atoms with Crippen LogP contribution in [-0.4, -0.2) is 28.2 Å². The number of halogens is 2. The van der Waals surface area contributed by atoms with Crippen molar-refractivity contribution < 1.29 is 8.42 Å². The molecule has 23 heavy (non-hydrogen) atoms. The second-order valence-electron chi connectivity index (χ2n) is 5.61. The van der Waals surface area contributed by atoms with Crippen molar-refractivity contribution in [2.45, 2.75) is 43.7 Å². The summed E-state index contributed by atoms with van der Waals surface area (Å²) in [5.74, 6) is 0.952. The van der Waals surface area contributed by atoms with E-state index >= 15 is 0 Å². The van der Waals surface area contributed by atoms with E-state index in [1.165, 1.54) is 12.3 Å². The maximum Gasteiger partial charge on any atom is 0.163 e. The highest BCUT2D eigenvalue weighted by molar-refractivity contribution is 7.89.